The number of aromatic nitrogens is 2. The molecule has 0 saturated carbocycles. The summed E-state index contributed by atoms with van der Waals surface area (Å²) in [7, 11) is 0. The van der Waals surface area contributed by atoms with Crippen molar-refractivity contribution in [2.24, 2.45) is 5.92 Å². The van der Waals surface area contributed by atoms with Gasteiger partial charge in [-0.3, -0.25) is 10.5 Å². The van der Waals surface area contributed by atoms with Crippen LogP contribution in [0, 0.1) is 29.6 Å². The fraction of sp³-hybridized carbons (Fsp3) is 0.214. The van der Waals surface area contributed by atoms with Crippen LogP contribution in [0.2, 0.25) is 0 Å². The van der Waals surface area contributed by atoms with Gasteiger partial charge in [-0.2, -0.15) is 5.26 Å². The number of hydrogen-bond acceptors (Lipinski definition) is 6. The van der Waals surface area contributed by atoms with E-state index in [9.17, 15) is 15.5 Å². The zero-order chi connectivity index (χ0) is 16.0. The molecule has 0 fully saturated rings. The van der Waals surface area contributed by atoms with Crippen LogP contribution in [-0.2, 0) is 0 Å². The van der Waals surface area contributed by atoms with Gasteiger partial charge in [0.25, 0.3) is 0 Å². The number of rotatable bonds is 1. The van der Waals surface area contributed by atoms with Gasteiger partial charge in [-0.1, -0.05) is 0 Å². The maximum atomic E-state index is 9.91. The summed E-state index contributed by atoms with van der Waals surface area (Å²) in [5, 5.41) is 43.9. The van der Waals surface area contributed by atoms with Gasteiger partial charge in [-0.15, -0.1) is 5.10 Å². The van der Waals surface area contributed by atoms with E-state index in [4.69, 9.17) is 10.1 Å². The molecule has 7 nitrogen and oxygen atoms in total. The SMILES string of the molecule is Cc1[nH]nc2c1C(c1cc(O)c(Br)c(O)c1)C(C#N)C(=N)O2. The Hall–Kier alpha value is -2.53. The molecular formula is C14H11BrN4O3. The molecule has 112 valence electrons. The number of halogens is 1. The maximum Gasteiger partial charge on any atom is 0.243 e. The molecule has 2 atom stereocenters. The van der Waals surface area contributed by atoms with E-state index in [1.807, 2.05) is 6.07 Å². The van der Waals surface area contributed by atoms with Gasteiger partial charge in [0.2, 0.25) is 11.8 Å². The molecule has 8 heteroatoms. The van der Waals surface area contributed by atoms with E-state index >= 15 is 0 Å². The van der Waals surface area contributed by atoms with Crippen molar-refractivity contribution in [3.8, 4) is 23.4 Å². The number of aryl methyl sites for hydroxylation is 1. The summed E-state index contributed by atoms with van der Waals surface area (Å²) in [6, 6.07) is 4.95. The lowest BCUT2D eigenvalue weighted by atomic mass is 9.79. The number of nitrogens with one attached hydrogen (secondary N) is 2. The number of fused-ring (bicyclic) bond motifs is 1. The van der Waals surface area contributed by atoms with Crippen molar-refractivity contribution in [3.05, 3.63) is 33.4 Å². The van der Waals surface area contributed by atoms with Crippen LogP contribution < -0.4 is 4.74 Å². The average molecular weight is 363 g/mol. The van der Waals surface area contributed by atoms with Crippen molar-refractivity contribution >= 4 is 21.8 Å². The summed E-state index contributed by atoms with van der Waals surface area (Å²) in [4.78, 5) is 0. The Morgan fingerprint density at radius 2 is 2.05 bits per heavy atom. The predicted octanol–water partition coefficient (Wildman–Crippen LogP) is 2.53. The van der Waals surface area contributed by atoms with Crippen LogP contribution in [-0.4, -0.2) is 26.3 Å². The standard InChI is InChI=1S/C14H11BrN4O3/c1-5-10-11(6-2-8(20)12(15)9(21)3-6)7(4-16)13(17)22-14(10)19-18-5/h2-3,7,11,17,20-21H,1H3,(H,18,19). The zero-order valence-corrected chi connectivity index (χ0v) is 13.0. The molecule has 1 aromatic carbocycles. The third-order valence-electron chi connectivity index (χ3n) is 3.65. The Morgan fingerprint density at radius 3 is 2.64 bits per heavy atom. The number of aromatic amines is 1. The highest BCUT2D eigenvalue weighted by atomic mass is 79.9. The molecule has 3 rings (SSSR count). The molecule has 0 spiro atoms. The minimum atomic E-state index is -0.872. The van der Waals surface area contributed by atoms with Crippen LogP contribution in [0.1, 0.15) is 22.7 Å². The lowest BCUT2D eigenvalue weighted by molar-refractivity contribution is 0.427. The molecule has 2 heterocycles. The molecule has 1 aliphatic heterocycles. The van der Waals surface area contributed by atoms with Gasteiger partial charge < -0.3 is 14.9 Å². The van der Waals surface area contributed by atoms with E-state index < -0.39 is 11.8 Å². The molecular weight excluding hydrogens is 352 g/mol. The lowest BCUT2D eigenvalue weighted by Gasteiger charge is -2.28. The van der Waals surface area contributed by atoms with Gasteiger partial charge in [0.1, 0.15) is 21.9 Å². The second kappa shape index (κ2) is 5.03. The largest absolute Gasteiger partial charge is 0.507 e. The number of H-pyrrole nitrogens is 1. The highest BCUT2D eigenvalue weighted by Crippen LogP contribution is 2.45. The van der Waals surface area contributed by atoms with Crippen LogP contribution in [0.5, 0.6) is 17.4 Å². The van der Waals surface area contributed by atoms with E-state index in [0.717, 1.165) is 0 Å². The second-order valence-electron chi connectivity index (χ2n) is 4.99. The summed E-state index contributed by atoms with van der Waals surface area (Å²) in [5.74, 6) is -1.71. The average Bonchev–Trinajstić information content (AvgIpc) is 2.83. The number of nitrogens with zero attached hydrogens (tertiary/aromatic N) is 2. The number of aromatic hydroxyl groups is 2. The van der Waals surface area contributed by atoms with Crippen molar-refractivity contribution in [2.45, 2.75) is 12.8 Å². The Bertz CT molecular complexity index is 801. The summed E-state index contributed by atoms with van der Waals surface area (Å²) in [6.45, 7) is 1.78. The van der Waals surface area contributed by atoms with E-state index in [-0.39, 0.29) is 27.7 Å². The molecule has 0 amide bonds. The number of hydrogen-bond donors (Lipinski definition) is 4. The summed E-state index contributed by atoms with van der Waals surface area (Å²) >= 11 is 3.07. The molecule has 2 aromatic rings. The number of phenolic OH excluding ortho intramolecular Hbond substituents is 2. The summed E-state index contributed by atoms with van der Waals surface area (Å²) in [6.07, 6.45) is 0. The van der Waals surface area contributed by atoms with E-state index in [0.29, 0.717) is 16.8 Å². The highest BCUT2D eigenvalue weighted by Gasteiger charge is 2.40. The Kier molecular flexibility index (Phi) is 3.30. The fourth-order valence-electron chi connectivity index (χ4n) is 2.63. The van der Waals surface area contributed by atoms with Gasteiger partial charge in [-0.25, -0.2) is 0 Å². The Balaban J connectivity index is 2.25. The first-order valence-corrected chi connectivity index (χ1v) is 7.15. The third kappa shape index (κ3) is 2.02. The Labute approximate surface area is 133 Å². The minimum absolute atomic E-state index is 0.146. The molecule has 1 aliphatic rings. The minimum Gasteiger partial charge on any atom is -0.507 e. The first-order valence-electron chi connectivity index (χ1n) is 6.36. The van der Waals surface area contributed by atoms with Crippen LogP contribution in [0.4, 0.5) is 0 Å². The quantitative estimate of drug-likeness (QED) is 0.619. The molecule has 22 heavy (non-hydrogen) atoms. The van der Waals surface area contributed by atoms with Crippen molar-refractivity contribution in [3.63, 3.8) is 0 Å². The molecule has 0 aliphatic carbocycles. The van der Waals surface area contributed by atoms with Gasteiger partial charge >= 0.3 is 0 Å². The highest BCUT2D eigenvalue weighted by molar-refractivity contribution is 9.10. The molecule has 0 radical (unpaired) electrons. The van der Waals surface area contributed by atoms with Crippen molar-refractivity contribution < 1.29 is 14.9 Å². The smallest absolute Gasteiger partial charge is 0.243 e. The first kappa shape index (κ1) is 14.4. The van der Waals surface area contributed by atoms with Gasteiger partial charge in [-0.05, 0) is 40.5 Å². The van der Waals surface area contributed by atoms with E-state index in [1.165, 1.54) is 12.1 Å². The molecule has 0 bridgehead atoms. The normalized spacial score (nSPS) is 20.1. The second-order valence-corrected chi connectivity index (χ2v) is 5.78. The lowest BCUT2D eigenvalue weighted by Crippen LogP contribution is -2.30. The monoisotopic (exact) mass is 362 g/mol. The van der Waals surface area contributed by atoms with Crippen LogP contribution >= 0.6 is 15.9 Å². The van der Waals surface area contributed by atoms with Crippen LogP contribution in [0.3, 0.4) is 0 Å². The van der Waals surface area contributed by atoms with E-state index in [2.05, 4.69) is 26.1 Å². The number of ether oxygens (including phenoxy) is 1. The topological polar surface area (TPSA) is 126 Å². The van der Waals surface area contributed by atoms with Gasteiger partial charge in [0, 0.05) is 17.2 Å². The predicted molar refractivity (Wildman–Crippen MR) is 80.1 cm³/mol. The molecule has 2 unspecified atom stereocenters. The van der Waals surface area contributed by atoms with Crippen LogP contribution in [0.25, 0.3) is 0 Å². The first-order chi connectivity index (χ1) is 10.4. The number of nitriles is 1. The molecule has 1 aromatic heterocycles. The maximum absolute atomic E-state index is 9.91. The zero-order valence-electron chi connectivity index (χ0n) is 11.4. The fourth-order valence-corrected chi connectivity index (χ4v) is 2.86. The molecule has 0 saturated heterocycles. The molecule has 4 N–H and O–H groups in total. The van der Waals surface area contributed by atoms with Crippen molar-refractivity contribution in [1.82, 2.24) is 10.2 Å². The third-order valence-corrected chi connectivity index (χ3v) is 4.46. The summed E-state index contributed by atoms with van der Waals surface area (Å²) < 4.78 is 5.45. The van der Waals surface area contributed by atoms with Gasteiger partial charge in [0.05, 0.1) is 6.07 Å². The van der Waals surface area contributed by atoms with Gasteiger partial charge in [0.15, 0.2) is 0 Å². The summed E-state index contributed by atoms with van der Waals surface area (Å²) in [5.41, 5.74) is 1.85. The number of phenols is 2. The van der Waals surface area contributed by atoms with Crippen molar-refractivity contribution in [2.75, 3.05) is 0 Å². The Morgan fingerprint density at radius 1 is 1.41 bits per heavy atom. The van der Waals surface area contributed by atoms with Crippen molar-refractivity contribution in [1.29, 1.82) is 10.7 Å². The number of benzene rings is 1. The van der Waals surface area contributed by atoms with E-state index in [1.54, 1.807) is 6.92 Å². The van der Waals surface area contributed by atoms with Crippen LogP contribution in [0.15, 0.2) is 16.6 Å².